The number of rotatable bonds is 8. The van der Waals surface area contributed by atoms with Gasteiger partial charge in [-0.05, 0) is 25.2 Å². The largest absolute Gasteiger partial charge is 0.326 e. The summed E-state index contributed by atoms with van der Waals surface area (Å²) in [4.78, 5) is 4.10. The Morgan fingerprint density at radius 3 is 2.67 bits per heavy atom. The molecule has 0 rings (SSSR count). The second-order valence-corrected chi connectivity index (χ2v) is 10.3. The van der Waals surface area contributed by atoms with Gasteiger partial charge in [0.25, 0.3) is 0 Å². The first kappa shape index (κ1) is 15.4. The van der Waals surface area contributed by atoms with Crippen LogP contribution < -0.4 is 5.09 Å². The Morgan fingerprint density at radius 1 is 1.53 bits per heavy atom. The van der Waals surface area contributed by atoms with Crippen LogP contribution in [0, 0.1) is 0 Å². The molecule has 1 unspecified atom stereocenters. The SMILES string of the molecule is CCCOP(=S)(NC=NCC)SC(C)C. The molecule has 15 heavy (non-hydrogen) atoms. The molecule has 0 aliphatic rings. The van der Waals surface area contributed by atoms with Crippen molar-refractivity contribution in [1.29, 1.82) is 0 Å². The summed E-state index contributed by atoms with van der Waals surface area (Å²) in [6.45, 7) is 9.80. The summed E-state index contributed by atoms with van der Waals surface area (Å²) >= 11 is 7.20. The van der Waals surface area contributed by atoms with Crippen LogP contribution in [-0.2, 0) is 16.3 Å². The molecule has 90 valence electrons. The van der Waals surface area contributed by atoms with Gasteiger partial charge in [-0.2, -0.15) is 0 Å². The zero-order valence-corrected chi connectivity index (χ0v) is 12.4. The second-order valence-electron chi connectivity index (χ2n) is 3.24. The molecule has 6 heteroatoms. The summed E-state index contributed by atoms with van der Waals surface area (Å²) in [5, 5.41) is 3.61. The van der Waals surface area contributed by atoms with E-state index in [1.807, 2.05) is 6.92 Å². The van der Waals surface area contributed by atoms with Gasteiger partial charge in [0, 0.05) is 11.8 Å². The van der Waals surface area contributed by atoms with E-state index in [0.29, 0.717) is 11.9 Å². The number of hydrogen-bond donors (Lipinski definition) is 1. The molecule has 0 saturated heterocycles. The summed E-state index contributed by atoms with van der Waals surface area (Å²) in [6.07, 6.45) is 2.68. The van der Waals surface area contributed by atoms with Crippen molar-refractivity contribution in [3.05, 3.63) is 0 Å². The topological polar surface area (TPSA) is 33.6 Å². The maximum absolute atomic E-state index is 5.72. The van der Waals surface area contributed by atoms with E-state index in [1.165, 1.54) is 0 Å². The molecule has 0 aromatic carbocycles. The lowest BCUT2D eigenvalue weighted by atomic mass is 10.5. The molecule has 0 radical (unpaired) electrons. The summed E-state index contributed by atoms with van der Waals surface area (Å²) in [7, 11) is 0. The Bertz CT molecular complexity index is 234. The highest BCUT2D eigenvalue weighted by Gasteiger charge is 2.18. The van der Waals surface area contributed by atoms with Gasteiger partial charge in [-0.25, -0.2) is 0 Å². The average Bonchev–Trinajstić information content (AvgIpc) is 2.14. The van der Waals surface area contributed by atoms with Crippen molar-refractivity contribution in [3.63, 3.8) is 0 Å². The molecule has 0 heterocycles. The Morgan fingerprint density at radius 2 is 2.20 bits per heavy atom. The van der Waals surface area contributed by atoms with Crippen LogP contribution in [0.15, 0.2) is 4.99 Å². The minimum Gasteiger partial charge on any atom is -0.326 e. The lowest BCUT2D eigenvalue weighted by molar-refractivity contribution is 0.356. The van der Waals surface area contributed by atoms with Crippen LogP contribution in [-0.4, -0.2) is 24.7 Å². The van der Waals surface area contributed by atoms with Gasteiger partial charge in [-0.15, -0.1) is 0 Å². The summed E-state index contributed by atoms with van der Waals surface area (Å²) in [6, 6.07) is 0. The molecule has 0 aliphatic heterocycles. The molecule has 1 N–H and O–H groups in total. The van der Waals surface area contributed by atoms with E-state index in [1.54, 1.807) is 17.7 Å². The lowest BCUT2D eigenvalue weighted by Gasteiger charge is -2.22. The van der Waals surface area contributed by atoms with E-state index in [-0.39, 0.29) is 0 Å². The van der Waals surface area contributed by atoms with Crippen molar-refractivity contribution in [1.82, 2.24) is 5.09 Å². The minimum atomic E-state index is -1.97. The smallest absolute Gasteiger partial charge is 0.211 e. The molecule has 0 aromatic heterocycles. The summed E-state index contributed by atoms with van der Waals surface area (Å²) < 4.78 is 5.72. The molecule has 0 aromatic rings. The van der Waals surface area contributed by atoms with Crippen LogP contribution in [0.5, 0.6) is 0 Å². The third kappa shape index (κ3) is 8.26. The van der Waals surface area contributed by atoms with Gasteiger partial charge in [0.1, 0.15) is 0 Å². The van der Waals surface area contributed by atoms with Crippen LogP contribution >= 0.6 is 17.0 Å². The Balaban J connectivity index is 4.26. The second kappa shape index (κ2) is 8.57. The van der Waals surface area contributed by atoms with Crippen molar-refractivity contribution in [2.24, 2.45) is 4.99 Å². The number of aliphatic imine (C=N–C) groups is 1. The van der Waals surface area contributed by atoms with E-state index in [0.717, 1.165) is 13.0 Å². The molecule has 0 bridgehead atoms. The van der Waals surface area contributed by atoms with E-state index < -0.39 is 5.62 Å². The molecular formula is C9H21N2OPS2. The number of nitrogens with zero attached hydrogens (tertiary/aromatic N) is 1. The fraction of sp³-hybridized carbons (Fsp3) is 0.889. The van der Waals surface area contributed by atoms with E-state index in [4.69, 9.17) is 16.3 Å². The first-order valence-electron chi connectivity index (χ1n) is 5.23. The van der Waals surface area contributed by atoms with Crippen molar-refractivity contribution < 1.29 is 4.52 Å². The van der Waals surface area contributed by atoms with Gasteiger partial charge < -0.3 is 9.61 Å². The maximum Gasteiger partial charge on any atom is 0.211 e. The third-order valence-corrected chi connectivity index (χ3v) is 7.10. The lowest BCUT2D eigenvalue weighted by Crippen LogP contribution is -2.10. The van der Waals surface area contributed by atoms with Crippen molar-refractivity contribution in [3.8, 4) is 0 Å². The molecule has 0 saturated carbocycles. The molecule has 0 fully saturated rings. The standard InChI is InChI=1S/C9H21N2OPS2/c1-5-7-12-13(14,15-9(3)4)11-8-10-6-2/h8-9H,5-7H2,1-4H3,(H,10,11,14). The van der Waals surface area contributed by atoms with E-state index in [9.17, 15) is 0 Å². The van der Waals surface area contributed by atoms with Gasteiger partial charge in [0.2, 0.25) is 5.62 Å². The molecule has 0 spiro atoms. The Hall–Kier alpha value is 0.430. The van der Waals surface area contributed by atoms with Crippen LogP contribution in [0.25, 0.3) is 0 Å². The fourth-order valence-corrected chi connectivity index (χ4v) is 6.50. The van der Waals surface area contributed by atoms with Crippen LogP contribution in [0.3, 0.4) is 0 Å². The zero-order chi connectivity index (χ0) is 11.7. The van der Waals surface area contributed by atoms with Gasteiger partial charge in [-0.3, -0.25) is 4.99 Å². The number of nitrogens with one attached hydrogen (secondary N) is 1. The van der Waals surface area contributed by atoms with Crippen LogP contribution in [0.2, 0.25) is 0 Å². The van der Waals surface area contributed by atoms with E-state index in [2.05, 4.69) is 30.9 Å². The minimum absolute atomic E-state index is 0.468. The monoisotopic (exact) mass is 268 g/mol. The maximum atomic E-state index is 5.72. The zero-order valence-electron chi connectivity index (χ0n) is 9.90. The van der Waals surface area contributed by atoms with Crippen LogP contribution in [0.1, 0.15) is 34.1 Å². The van der Waals surface area contributed by atoms with Gasteiger partial charge in [0.15, 0.2) is 0 Å². The average molecular weight is 268 g/mol. The summed E-state index contributed by atoms with van der Waals surface area (Å²) in [5.74, 6) is 0. The van der Waals surface area contributed by atoms with Crippen molar-refractivity contribution in [2.45, 2.75) is 39.4 Å². The number of hydrogen-bond acceptors (Lipinski definition) is 4. The highest BCUT2D eigenvalue weighted by Crippen LogP contribution is 2.57. The van der Waals surface area contributed by atoms with Gasteiger partial charge in [-0.1, -0.05) is 32.2 Å². The summed E-state index contributed by atoms with van der Waals surface area (Å²) in [5.41, 5.74) is -1.97. The predicted molar refractivity (Wildman–Crippen MR) is 75.4 cm³/mol. The molecule has 1 atom stereocenters. The molecule has 0 aliphatic carbocycles. The quantitative estimate of drug-likeness (QED) is 0.415. The predicted octanol–water partition coefficient (Wildman–Crippen LogP) is 3.42. The Labute approximate surface area is 102 Å². The first-order valence-corrected chi connectivity index (χ1v) is 9.43. The van der Waals surface area contributed by atoms with Gasteiger partial charge >= 0.3 is 0 Å². The molecular weight excluding hydrogens is 247 g/mol. The normalized spacial score (nSPS) is 15.8. The Kier molecular flexibility index (Phi) is 8.81. The van der Waals surface area contributed by atoms with Crippen molar-refractivity contribution >= 4 is 35.1 Å². The fourth-order valence-electron chi connectivity index (χ4n) is 0.790. The van der Waals surface area contributed by atoms with Gasteiger partial charge in [0.05, 0.1) is 12.9 Å². The highest BCUT2D eigenvalue weighted by molar-refractivity contribution is 8.69. The van der Waals surface area contributed by atoms with Crippen LogP contribution in [0.4, 0.5) is 0 Å². The molecule has 3 nitrogen and oxygen atoms in total. The van der Waals surface area contributed by atoms with Crippen molar-refractivity contribution in [2.75, 3.05) is 13.2 Å². The third-order valence-electron chi connectivity index (χ3n) is 1.30. The first-order chi connectivity index (χ1) is 7.04. The molecule has 0 amide bonds. The van der Waals surface area contributed by atoms with E-state index >= 15 is 0 Å². The highest BCUT2D eigenvalue weighted by atomic mass is 32.9.